The molecular formula is C16H23N3O. The molecule has 0 unspecified atom stereocenters. The van der Waals surface area contributed by atoms with Crippen LogP contribution in [0.15, 0.2) is 24.5 Å². The minimum Gasteiger partial charge on any atom is -0.334 e. The molecule has 1 heterocycles. The van der Waals surface area contributed by atoms with Crippen LogP contribution >= 0.6 is 0 Å². The van der Waals surface area contributed by atoms with Gasteiger partial charge in [0.05, 0.1) is 5.54 Å². The van der Waals surface area contributed by atoms with Gasteiger partial charge in [-0.2, -0.15) is 0 Å². The lowest BCUT2D eigenvalue weighted by Gasteiger charge is -2.37. The third-order valence-electron chi connectivity index (χ3n) is 4.52. The molecule has 2 fully saturated rings. The van der Waals surface area contributed by atoms with Gasteiger partial charge >= 0.3 is 0 Å². The van der Waals surface area contributed by atoms with Gasteiger partial charge in [0.25, 0.3) is 0 Å². The van der Waals surface area contributed by atoms with E-state index in [0.29, 0.717) is 12.6 Å². The lowest BCUT2D eigenvalue weighted by molar-refractivity contribution is -0.139. The first kappa shape index (κ1) is 13.6. The quantitative estimate of drug-likeness (QED) is 0.915. The Hall–Kier alpha value is -1.42. The van der Waals surface area contributed by atoms with Gasteiger partial charge in [0.2, 0.25) is 5.91 Å². The Bertz CT molecular complexity index is 464. The van der Waals surface area contributed by atoms with Crippen molar-refractivity contribution in [2.24, 2.45) is 5.73 Å². The van der Waals surface area contributed by atoms with Crippen molar-refractivity contribution in [2.75, 3.05) is 0 Å². The number of nitrogens with two attached hydrogens (primary N) is 1. The van der Waals surface area contributed by atoms with E-state index in [1.807, 2.05) is 17.0 Å². The van der Waals surface area contributed by atoms with Crippen molar-refractivity contribution in [3.8, 4) is 0 Å². The molecule has 0 aliphatic heterocycles. The summed E-state index contributed by atoms with van der Waals surface area (Å²) in [6.45, 7) is 0.672. The van der Waals surface area contributed by atoms with E-state index in [4.69, 9.17) is 5.73 Å². The molecule has 0 saturated heterocycles. The van der Waals surface area contributed by atoms with E-state index in [2.05, 4.69) is 4.98 Å². The van der Waals surface area contributed by atoms with Gasteiger partial charge < -0.3 is 10.6 Å². The number of amides is 1. The van der Waals surface area contributed by atoms with Crippen LogP contribution in [0.2, 0.25) is 0 Å². The van der Waals surface area contributed by atoms with Gasteiger partial charge in [0, 0.05) is 25.0 Å². The standard InChI is InChI=1S/C16H23N3O/c17-16(8-2-1-3-9-16)15(20)19(14-4-5-14)12-13-6-10-18-11-7-13/h6-7,10-11,14H,1-5,8-9,12,17H2. The third kappa shape index (κ3) is 2.85. The summed E-state index contributed by atoms with van der Waals surface area (Å²) in [5.74, 6) is 0.163. The first-order valence-corrected chi connectivity index (χ1v) is 7.68. The first-order valence-electron chi connectivity index (χ1n) is 7.68. The number of aromatic nitrogens is 1. The second-order valence-corrected chi connectivity index (χ2v) is 6.24. The van der Waals surface area contributed by atoms with Crippen LogP contribution in [0, 0.1) is 0 Å². The fraction of sp³-hybridized carbons (Fsp3) is 0.625. The highest BCUT2D eigenvalue weighted by Gasteiger charge is 2.43. The molecule has 2 saturated carbocycles. The molecule has 0 radical (unpaired) electrons. The summed E-state index contributed by atoms with van der Waals surface area (Å²) in [5, 5.41) is 0. The van der Waals surface area contributed by atoms with Crippen LogP contribution in [0.5, 0.6) is 0 Å². The Morgan fingerprint density at radius 3 is 2.50 bits per heavy atom. The Morgan fingerprint density at radius 2 is 1.90 bits per heavy atom. The molecule has 2 aliphatic rings. The maximum atomic E-state index is 12.9. The summed E-state index contributed by atoms with van der Waals surface area (Å²) in [7, 11) is 0. The van der Waals surface area contributed by atoms with Gasteiger partial charge in [-0.25, -0.2) is 0 Å². The molecule has 0 spiro atoms. The van der Waals surface area contributed by atoms with Gasteiger partial charge in [0.15, 0.2) is 0 Å². The Balaban J connectivity index is 1.75. The van der Waals surface area contributed by atoms with Crippen molar-refractivity contribution in [3.05, 3.63) is 30.1 Å². The highest BCUT2D eigenvalue weighted by Crippen LogP contribution is 2.34. The number of hydrogen-bond acceptors (Lipinski definition) is 3. The van der Waals surface area contributed by atoms with Crippen molar-refractivity contribution in [3.63, 3.8) is 0 Å². The van der Waals surface area contributed by atoms with E-state index < -0.39 is 5.54 Å². The van der Waals surface area contributed by atoms with Crippen LogP contribution in [-0.4, -0.2) is 27.4 Å². The Labute approximate surface area is 120 Å². The molecule has 0 bridgehead atoms. The molecule has 1 aromatic rings. The topological polar surface area (TPSA) is 59.2 Å². The number of carbonyl (C=O) groups is 1. The molecule has 0 aromatic carbocycles. The highest BCUT2D eigenvalue weighted by atomic mass is 16.2. The van der Waals surface area contributed by atoms with Crippen molar-refractivity contribution < 1.29 is 4.79 Å². The molecule has 108 valence electrons. The zero-order chi connectivity index (χ0) is 14.0. The minimum absolute atomic E-state index is 0.163. The highest BCUT2D eigenvalue weighted by molar-refractivity contribution is 5.86. The maximum Gasteiger partial charge on any atom is 0.243 e. The van der Waals surface area contributed by atoms with Crippen LogP contribution in [0.1, 0.15) is 50.5 Å². The molecule has 4 heteroatoms. The fourth-order valence-electron chi connectivity index (χ4n) is 3.12. The van der Waals surface area contributed by atoms with Gasteiger partial charge in [-0.05, 0) is 43.4 Å². The summed E-state index contributed by atoms with van der Waals surface area (Å²) in [5.41, 5.74) is 6.94. The van der Waals surface area contributed by atoms with E-state index in [-0.39, 0.29) is 5.91 Å². The molecule has 2 N–H and O–H groups in total. The van der Waals surface area contributed by atoms with Gasteiger partial charge in [0.1, 0.15) is 0 Å². The summed E-state index contributed by atoms with van der Waals surface area (Å²) in [6.07, 6.45) is 10.8. The van der Waals surface area contributed by atoms with Crippen LogP contribution in [0.25, 0.3) is 0 Å². The number of carbonyl (C=O) groups excluding carboxylic acids is 1. The minimum atomic E-state index is -0.617. The summed E-state index contributed by atoms with van der Waals surface area (Å²) in [6, 6.07) is 4.36. The van der Waals surface area contributed by atoms with Gasteiger partial charge in [-0.15, -0.1) is 0 Å². The lowest BCUT2D eigenvalue weighted by atomic mass is 9.81. The monoisotopic (exact) mass is 273 g/mol. The number of pyridine rings is 1. The molecular weight excluding hydrogens is 250 g/mol. The average molecular weight is 273 g/mol. The van der Waals surface area contributed by atoms with E-state index in [1.165, 1.54) is 6.42 Å². The van der Waals surface area contributed by atoms with Crippen molar-refractivity contribution in [1.29, 1.82) is 0 Å². The zero-order valence-electron chi connectivity index (χ0n) is 11.9. The number of hydrogen-bond donors (Lipinski definition) is 1. The number of rotatable bonds is 4. The van der Waals surface area contributed by atoms with E-state index in [9.17, 15) is 4.79 Å². The first-order chi connectivity index (χ1) is 9.69. The zero-order valence-corrected chi connectivity index (χ0v) is 11.9. The SMILES string of the molecule is NC1(C(=O)N(Cc2ccncc2)C2CC2)CCCCC1. The molecule has 2 aliphatic carbocycles. The smallest absolute Gasteiger partial charge is 0.243 e. The third-order valence-corrected chi connectivity index (χ3v) is 4.52. The van der Waals surface area contributed by atoms with E-state index in [0.717, 1.165) is 44.1 Å². The normalized spacial score (nSPS) is 21.4. The van der Waals surface area contributed by atoms with E-state index in [1.54, 1.807) is 12.4 Å². The van der Waals surface area contributed by atoms with Crippen molar-refractivity contribution in [2.45, 2.75) is 63.1 Å². The van der Waals surface area contributed by atoms with E-state index >= 15 is 0 Å². The summed E-state index contributed by atoms with van der Waals surface area (Å²) in [4.78, 5) is 18.9. The predicted molar refractivity (Wildman–Crippen MR) is 77.8 cm³/mol. The summed E-state index contributed by atoms with van der Waals surface area (Å²) < 4.78 is 0. The van der Waals surface area contributed by atoms with Crippen LogP contribution in [-0.2, 0) is 11.3 Å². The fourth-order valence-corrected chi connectivity index (χ4v) is 3.12. The van der Waals surface area contributed by atoms with Crippen molar-refractivity contribution in [1.82, 2.24) is 9.88 Å². The van der Waals surface area contributed by atoms with Crippen molar-refractivity contribution >= 4 is 5.91 Å². The second kappa shape index (κ2) is 5.52. The molecule has 4 nitrogen and oxygen atoms in total. The van der Waals surface area contributed by atoms with Crippen LogP contribution in [0.4, 0.5) is 0 Å². The second-order valence-electron chi connectivity index (χ2n) is 6.24. The Morgan fingerprint density at radius 1 is 1.25 bits per heavy atom. The molecule has 3 rings (SSSR count). The Kier molecular flexibility index (Phi) is 3.74. The maximum absolute atomic E-state index is 12.9. The summed E-state index contributed by atoms with van der Waals surface area (Å²) >= 11 is 0. The number of nitrogens with zero attached hydrogens (tertiary/aromatic N) is 2. The lowest BCUT2D eigenvalue weighted by Crippen LogP contribution is -2.56. The van der Waals surface area contributed by atoms with Crippen LogP contribution in [0.3, 0.4) is 0 Å². The largest absolute Gasteiger partial charge is 0.334 e. The average Bonchev–Trinajstić information content (AvgIpc) is 3.30. The molecule has 1 amide bonds. The molecule has 1 aromatic heterocycles. The predicted octanol–water partition coefficient (Wildman–Crippen LogP) is 2.23. The van der Waals surface area contributed by atoms with Gasteiger partial charge in [-0.1, -0.05) is 19.3 Å². The molecule has 0 atom stereocenters. The molecule has 20 heavy (non-hydrogen) atoms. The van der Waals surface area contributed by atoms with Crippen LogP contribution < -0.4 is 5.73 Å². The van der Waals surface area contributed by atoms with Gasteiger partial charge in [-0.3, -0.25) is 9.78 Å².